The maximum Gasteiger partial charge on any atom is 0.161 e. The van der Waals surface area contributed by atoms with E-state index in [4.69, 9.17) is 9.47 Å². The summed E-state index contributed by atoms with van der Waals surface area (Å²) in [6.07, 6.45) is -0.460. The Balaban J connectivity index is 1.53. The molecule has 1 aromatic carbocycles. The third-order valence-corrected chi connectivity index (χ3v) is 3.90. The zero-order chi connectivity index (χ0) is 13.8. The number of aliphatic hydroxyl groups is 1. The van der Waals surface area contributed by atoms with Gasteiger partial charge in [-0.15, -0.1) is 0 Å². The quantitative estimate of drug-likeness (QED) is 0.888. The van der Waals surface area contributed by atoms with Gasteiger partial charge in [0.05, 0.1) is 6.10 Å². The third-order valence-electron chi connectivity index (χ3n) is 3.20. The molecule has 106 valence electrons. The fourth-order valence-corrected chi connectivity index (χ4v) is 2.84. The molecule has 0 amide bonds. The minimum Gasteiger partial charge on any atom is -0.486 e. The van der Waals surface area contributed by atoms with Crippen LogP contribution in [0.5, 0.6) is 11.5 Å². The van der Waals surface area contributed by atoms with Crippen molar-refractivity contribution in [2.75, 3.05) is 19.8 Å². The number of nitrogens with one attached hydrogen (secondary N) is 1. The smallest absolute Gasteiger partial charge is 0.161 e. The van der Waals surface area contributed by atoms with E-state index in [1.165, 1.54) is 0 Å². The number of aliphatic hydroxyl groups excluding tert-OH is 1. The van der Waals surface area contributed by atoms with Crippen LogP contribution in [0.3, 0.4) is 0 Å². The molecule has 1 aliphatic heterocycles. The van der Waals surface area contributed by atoms with Crippen molar-refractivity contribution in [2.45, 2.75) is 12.6 Å². The van der Waals surface area contributed by atoms with E-state index in [1.807, 2.05) is 35.0 Å². The normalized spacial score (nSPS) is 15.1. The van der Waals surface area contributed by atoms with E-state index in [0.717, 1.165) is 22.6 Å². The molecule has 5 heteroatoms. The number of hydrogen-bond donors (Lipinski definition) is 2. The third kappa shape index (κ3) is 3.12. The van der Waals surface area contributed by atoms with Crippen LogP contribution >= 0.6 is 11.3 Å². The Morgan fingerprint density at radius 1 is 1.20 bits per heavy atom. The molecule has 2 heterocycles. The minimum atomic E-state index is -0.460. The lowest BCUT2D eigenvalue weighted by atomic mass is 10.1. The van der Waals surface area contributed by atoms with E-state index in [0.29, 0.717) is 26.3 Å². The summed E-state index contributed by atoms with van der Waals surface area (Å²) >= 11 is 1.60. The molecule has 0 saturated heterocycles. The van der Waals surface area contributed by atoms with E-state index in [1.54, 1.807) is 11.3 Å². The second kappa shape index (κ2) is 6.26. The van der Waals surface area contributed by atoms with Gasteiger partial charge in [0.25, 0.3) is 0 Å². The van der Waals surface area contributed by atoms with Crippen LogP contribution in [0.2, 0.25) is 0 Å². The maximum absolute atomic E-state index is 9.98. The Kier molecular flexibility index (Phi) is 4.20. The van der Waals surface area contributed by atoms with Gasteiger partial charge in [-0.1, -0.05) is 6.07 Å². The molecule has 1 aromatic heterocycles. The van der Waals surface area contributed by atoms with Crippen molar-refractivity contribution in [3.63, 3.8) is 0 Å². The highest BCUT2D eigenvalue weighted by molar-refractivity contribution is 7.07. The average molecular weight is 291 g/mol. The van der Waals surface area contributed by atoms with Crippen LogP contribution in [-0.2, 0) is 6.54 Å². The van der Waals surface area contributed by atoms with Crippen LogP contribution in [0.25, 0.3) is 0 Å². The van der Waals surface area contributed by atoms with E-state index < -0.39 is 6.10 Å². The van der Waals surface area contributed by atoms with Crippen LogP contribution in [0.15, 0.2) is 35.0 Å². The minimum absolute atomic E-state index is 0.460. The molecule has 0 fully saturated rings. The molecule has 1 atom stereocenters. The van der Waals surface area contributed by atoms with Gasteiger partial charge in [0.2, 0.25) is 0 Å². The Hall–Kier alpha value is -1.56. The molecule has 2 N–H and O–H groups in total. The Morgan fingerprint density at radius 3 is 2.85 bits per heavy atom. The molecule has 0 radical (unpaired) electrons. The molecule has 0 aliphatic carbocycles. The molecule has 20 heavy (non-hydrogen) atoms. The first kappa shape index (κ1) is 13.4. The zero-order valence-corrected chi connectivity index (χ0v) is 11.9. The molecule has 2 aromatic rings. The first-order chi connectivity index (χ1) is 9.83. The highest BCUT2D eigenvalue weighted by Crippen LogP contribution is 2.30. The molecule has 1 aliphatic rings. The molecule has 0 spiro atoms. The summed E-state index contributed by atoms with van der Waals surface area (Å²) in [6.45, 7) is 2.43. The summed E-state index contributed by atoms with van der Waals surface area (Å²) in [6, 6.07) is 7.87. The van der Waals surface area contributed by atoms with Crippen molar-refractivity contribution >= 4 is 11.3 Å². The summed E-state index contributed by atoms with van der Waals surface area (Å²) in [5, 5.41) is 17.2. The topological polar surface area (TPSA) is 50.7 Å². The lowest BCUT2D eigenvalue weighted by molar-refractivity contribution is 0.170. The van der Waals surface area contributed by atoms with Crippen LogP contribution in [-0.4, -0.2) is 24.9 Å². The number of benzene rings is 1. The average Bonchev–Trinajstić information content (AvgIpc) is 3.01. The highest BCUT2D eigenvalue weighted by Gasteiger charge is 2.12. The van der Waals surface area contributed by atoms with Gasteiger partial charge in [-0.05, 0) is 40.1 Å². The monoisotopic (exact) mass is 291 g/mol. The van der Waals surface area contributed by atoms with Gasteiger partial charge in [-0.3, -0.25) is 0 Å². The summed E-state index contributed by atoms with van der Waals surface area (Å²) in [5.41, 5.74) is 2.08. The molecule has 4 nitrogen and oxygen atoms in total. The van der Waals surface area contributed by atoms with Crippen molar-refractivity contribution < 1.29 is 14.6 Å². The summed E-state index contributed by atoms with van der Waals surface area (Å²) in [4.78, 5) is 0. The van der Waals surface area contributed by atoms with Crippen molar-refractivity contribution in [1.29, 1.82) is 0 Å². The summed E-state index contributed by atoms with van der Waals surface area (Å²) in [5.74, 6) is 1.60. The van der Waals surface area contributed by atoms with Gasteiger partial charge >= 0.3 is 0 Å². The van der Waals surface area contributed by atoms with E-state index in [-0.39, 0.29) is 0 Å². The van der Waals surface area contributed by atoms with Gasteiger partial charge in [0, 0.05) is 13.1 Å². The largest absolute Gasteiger partial charge is 0.486 e. The van der Waals surface area contributed by atoms with Crippen molar-refractivity contribution in [3.05, 3.63) is 46.2 Å². The fraction of sp³-hybridized carbons (Fsp3) is 0.333. The molecular weight excluding hydrogens is 274 g/mol. The van der Waals surface area contributed by atoms with Gasteiger partial charge in [0.1, 0.15) is 13.2 Å². The first-order valence-electron chi connectivity index (χ1n) is 6.62. The van der Waals surface area contributed by atoms with Crippen LogP contribution in [0.4, 0.5) is 0 Å². The zero-order valence-electron chi connectivity index (χ0n) is 11.0. The number of hydrogen-bond acceptors (Lipinski definition) is 5. The lowest BCUT2D eigenvalue weighted by Crippen LogP contribution is -2.21. The van der Waals surface area contributed by atoms with Crippen molar-refractivity contribution in [2.24, 2.45) is 0 Å². The van der Waals surface area contributed by atoms with Gasteiger partial charge < -0.3 is 19.9 Å². The van der Waals surface area contributed by atoms with Crippen LogP contribution in [0.1, 0.15) is 17.2 Å². The fourth-order valence-electron chi connectivity index (χ4n) is 2.13. The Bertz CT molecular complexity index is 556. The predicted octanol–water partition coefficient (Wildman–Crippen LogP) is 2.34. The number of ether oxygens (including phenoxy) is 2. The highest BCUT2D eigenvalue weighted by atomic mass is 32.1. The molecule has 0 bridgehead atoms. The summed E-state index contributed by atoms with van der Waals surface area (Å²) in [7, 11) is 0. The lowest BCUT2D eigenvalue weighted by Gasteiger charge is -2.19. The number of rotatable bonds is 5. The van der Waals surface area contributed by atoms with Gasteiger partial charge in [-0.25, -0.2) is 0 Å². The van der Waals surface area contributed by atoms with Crippen LogP contribution in [0, 0.1) is 0 Å². The van der Waals surface area contributed by atoms with E-state index in [2.05, 4.69) is 5.32 Å². The first-order valence-corrected chi connectivity index (χ1v) is 7.56. The van der Waals surface area contributed by atoms with Gasteiger partial charge in [0.15, 0.2) is 11.5 Å². The van der Waals surface area contributed by atoms with Crippen molar-refractivity contribution in [3.8, 4) is 11.5 Å². The molecule has 0 saturated carbocycles. The standard InChI is InChI=1S/C15H17NO3S/c17-13(12-3-6-20-10-12)9-16-8-11-1-2-14-15(7-11)19-5-4-18-14/h1-3,6-7,10,13,16-17H,4-5,8-9H2. The molecule has 3 rings (SSSR count). The number of fused-ring (bicyclic) bond motifs is 1. The summed E-state index contributed by atoms with van der Waals surface area (Å²) < 4.78 is 11.0. The molecule has 1 unspecified atom stereocenters. The Morgan fingerprint density at radius 2 is 2.05 bits per heavy atom. The number of thiophene rings is 1. The van der Waals surface area contributed by atoms with Crippen molar-refractivity contribution in [1.82, 2.24) is 5.32 Å². The van der Waals surface area contributed by atoms with Crippen LogP contribution < -0.4 is 14.8 Å². The van der Waals surface area contributed by atoms with E-state index in [9.17, 15) is 5.11 Å². The predicted molar refractivity (Wildman–Crippen MR) is 78.4 cm³/mol. The second-order valence-corrected chi connectivity index (χ2v) is 5.46. The van der Waals surface area contributed by atoms with E-state index >= 15 is 0 Å². The SMILES string of the molecule is OC(CNCc1ccc2c(c1)OCCO2)c1ccsc1. The van der Waals surface area contributed by atoms with Gasteiger partial charge in [-0.2, -0.15) is 11.3 Å². The molecular formula is C15H17NO3S. The Labute approximate surface area is 122 Å². The maximum atomic E-state index is 9.98. The second-order valence-electron chi connectivity index (χ2n) is 4.68.